The van der Waals surface area contributed by atoms with Crippen molar-refractivity contribution in [1.29, 1.82) is 0 Å². The molecule has 96 valence electrons. The average Bonchev–Trinajstić information content (AvgIpc) is 2.52. The van der Waals surface area contributed by atoms with E-state index in [2.05, 4.69) is 5.10 Å². The van der Waals surface area contributed by atoms with E-state index in [9.17, 15) is 13.9 Å². The Kier molecular flexibility index (Phi) is 3.17. The predicted octanol–water partition coefficient (Wildman–Crippen LogP) is 2.40. The van der Waals surface area contributed by atoms with Crippen LogP contribution in [-0.2, 0) is 7.05 Å². The van der Waals surface area contributed by atoms with Crippen LogP contribution in [0.25, 0.3) is 0 Å². The fraction of sp³-hybridized carbons (Fsp3) is 0.308. The molecule has 0 radical (unpaired) electrons. The quantitative estimate of drug-likeness (QED) is 0.891. The number of halogens is 2. The third kappa shape index (κ3) is 2.01. The molecular weight excluding hydrogens is 238 g/mol. The zero-order chi connectivity index (χ0) is 13.4. The van der Waals surface area contributed by atoms with Crippen molar-refractivity contribution >= 4 is 0 Å². The van der Waals surface area contributed by atoms with Crippen molar-refractivity contribution in [3.05, 3.63) is 52.3 Å². The summed E-state index contributed by atoms with van der Waals surface area (Å²) in [5.41, 5.74) is 1.99. The van der Waals surface area contributed by atoms with E-state index in [0.29, 0.717) is 11.3 Å². The molecule has 0 aliphatic heterocycles. The minimum atomic E-state index is -1.14. The molecule has 1 unspecified atom stereocenters. The summed E-state index contributed by atoms with van der Waals surface area (Å²) < 4.78 is 28.1. The molecule has 0 aliphatic rings. The predicted molar refractivity (Wildman–Crippen MR) is 63.1 cm³/mol. The summed E-state index contributed by atoms with van der Waals surface area (Å²) in [5, 5.41) is 14.4. The third-order valence-corrected chi connectivity index (χ3v) is 3.10. The Balaban J connectivity index is 2.51. The van der Waals surface area contributed by atoms with Crippen LogP contribution in [0.5, 0.6) is 0 Å². The summed E-state index contributed by atoms with van der Waals surface area (Å²) in [6, 6.07) is 3.14. The van der Waals surface area contributed by atoms with Crippen LogP contribution in [0.4, 0.5) is 8.78 Å². The molecule has 0 saturated heterocycles. The van der Waals surface area contributed by atoms with Crippen LogP contribution in [0, 0.1) is 25.5 Å². The van der Waals surface area contributed by atoms with Crippen molar-refractivity contribution in [2.24, 2.45) is 7.05 Å². The van der Waals surface area contributed by atoms with E-state index >= 15 is 0 Å². The van der Waals surface area contributed by atoms with Crippen molar-refractivity contribution < 1.29 is 13.9 Å². The van der Waals surface area contributed by atoms with Crippen LogP contribution in [-0.4, -0.2) is 14.9 Å². The van der Waals surface area contributed by atoms with Crippen LogP contribution in [0.1, 0.15) is 28.6 Å². The van der Waals surface area contributed by atoms with E-state index in [1.54, 1.807) is 25.6 Å². The molecule has 0 amide bonds. The molecule has 0 bridgehead atoms. The second-order valence-corrected chi connectivity index (χ2v) is 4.28. The van der Waals surface area contributed by atoms with Gasteiger partial charge in [0.1, 0.15) is 17.7 Å². The maximum Gasteiger partial charge on any atom is 0.132 e. The highest BCUT2D eigenvalue weighted by atomic mass is 19.1. The topological polar surface area (TPSA) is 38.0 Å². The number of hydrogen-bond donors (Lipinski definition) is 1. The molecule has 0 saturated carbocycles. The standard InChI is InChI=1S/C13H14F2N2O/c1-7-12(8(2)17(3)16-7)13(18)10-5-4-9(14)6-11(10)15/h4-6,13,18H,1-3H3. The number of aryl methyl sites for hydroxylation is 2. The largest absolute Gasteiger partial charge is 0.383 e. The molecule has 1 aromatic heterocycles. The molecule has 2 rings (SSSR count). The first-order chi connectivity index (χ1) is 8.41. The maximum absolute atomic E-state index is 13.6. The second-order valence-electron chi connectivity index (χ2n) is 4.28. The van der Waals surface area contributed by atoms with Gasteiger partial charge in [-0.3, -0.25) is 4.68 Å². The molecule has 1 aromatic carbocycles. The maximum atomic E-state index is 13.6. The zero-order valence-electron chi connectivity index (χ0n) is 10.4. The number of aliphatic hydroxyl groups excluding tert-OH is 1. The van der Waals surface area contributed by atoms with Gasteiger partial charge in [0.15, 0.2) is 0 Å². The summed E-state index contributed by atoms with van der Waals surface area (Å²) in [6.07, 6.45) is -1.14. The third-order valence-electron chi connectivity index (χ3n) is 3.10. The molecule has 18 heavy (non-hydrogen) atoms. The normalized spacial score (nSPS) is 12.8. The van der Waals surface area contributed by atoms with Gasteiger partial charge in [-0.2, -0.15) is 5.10 Å². The van der Waals surface area contributed by atoms with Gasteiger partial charge in [0.05, 0.1) is 5.69 Å². The molecule has 3 nitrogen and oxygen atoms in total. The lowest BCUT2D eigenvalue weighted by molar-refractivity contribution is 0.213. The van der Waals surface area contributed by atoms with Crippen LogP contribution in [0.2, 0.25) is 0 Å². The van der Waals surface area contributed by atoms with Gasteiger partial charge in [-0.05, 0) is 19.9 Å². The van der Waals surface area contributed by atoms with Crippen LogP contribution < -0.4 is 0 Å². The molecule has 5 heteroatoms. The van der Waals surface area contributed by atoms with Gasteiger partial charge in [0.2, 0.25) is 0 Å². The minimum absolute atomic E-state index is 0.0515. The summed E-state index contributed by atoms with van der Waals surface area (Å²) in [6.45, 7) is 3.53. The summed E-state index contributed by atoms with van der Waals surface area (Å²) in [4.78, 5) is 0. The van der Waals surface area contributed by atoms with Crippen molar-refractivity contribution in [1.82, 2.24) is 9.78 Å². The molecule has 0 aliphatic carbocycles. The Morgan fingerprint density at radius 2 is 1.94 bits per heavy atom. The molecule has 1 N–H and O–H groups in total. The Labute approximate surface area is 104 Å². The first-order valence-corrected chi connectivity index (χ1v) is 5.55. The van der Waals surface area contributed by atoms with E-state index in [0.717, 1.165) is 17.8 Å². The SMILES string of the molecule is Cc1nn(C)c(C)c1C(O)c1ccc(F)cc1F. The van der Waals surface area contributed by atoms with Crippen molar-refractivity contribution in [3.8, 4) is 0 Å². The Bertz CT molecular complexity index is 593. The highest BCUT2D eigenvalue weighted by Crippen LogP contribution is 2.29. The Morgan fingerprint density at radius 1 is 1.28 bits per heavy atom. The van der Waals surface area contributed by atoms with Gasteiger partial charge in [-0.1, -0.05) is 6.07 Å². The monoisotopic (exact) mass is 252 g/mol. The highest BCUT2D eigenvalue weighted by molar-refractivity contribution is 5.36. The van der Waals surface area contributed by atoms with E-state index in [4.69, 9.17) is 0 Å². The lowest BCUT2D eigenvalue weighted by atomic mass is 9.99. The number of nitrogens with zero attached hydrogens (tertiary/aromatic N) is 2. The fourth-order valence-electron chi connectivity index (χ4n) is 2.06. The molecular formula is C13H14F2N2O. The lowest BCUT2D eigenvalue weighted by Gasteiger charge is -2.13. The van der Waals surface area contributed by atoms with E-state index in [1.807, 2.05) is 0 Å². The summed E-state index contributed by atoms with van der Waals surface area (Å²) >= 11 is 0. The molecule has 2 aromatic rings. The molecule has 0 fully saturated rings. The van der Waals surface area contributed by atoms with E-state index in [1.165, 1.54) is 6.07 Å². The van der Waals surface area contributed by atoms with E-state index in [-0.39, 0.29) is 5.56 Å². The molecule has 1 atom stereocenters. The summed E-state index contributed by atoms with van der Waals surface area (Å²) in [5.74, 6) is -1.42. The summed E-state index contributed by atoms with van der Waals surface area (Å²) in [7, 11) is 1.75. The van der Waals surface area contributed by atoms with Gasteiger partial charge >= 0.3 is 0 Å². The van der Waals surface area contributed by atoms with Gasteiger partial charge in [0, 0.05) is 29.9 Å². The number of rotatable bonds is 2. The smallest absolute Gasteiger partial charge is 0.132 e. The second kappa shape index (κ2) is 4.49. The van der Waals surface area contributed by atoms with Gasteiger partial charge < -0.3 is 5.11 Å². The number of benzene rings is 1. The number of aromatic nitrogens is 2. The van der Waals surface area contributed by atoms with E-state index < -0.39 is 17.7 Å². The average molecular weight is 252 g/mol. The number of hydrogen-bond acceptors (Lipinski definition) is 2. The Morgan fingerprint density at radius 3 is 2.44 bits per heavy atom. The Hall–Kier alpha value is -1.75. The minimum Gasteiger partial charge on any atom is -0.383 e. The van der Waals surface area contributed by atoms with Crippen molar-refractivity contribution in [3.63, 3.8) is 0 Å². The van der Waals surface area contributed by atoms with Crippen LogP contribution in [0.15, 0.2) is 18.2 Å². The zero-order valence-corrected chi connectivity index (χ0v) is 10.4. The first-order valence-electron chi connectivity index (χ1n) is 5.55. The van der Waals surface area contributed by atoms with Gasteiger partial charge in [-0.15, -0.1) is 0 Å². The fourth-order valence-corrected chi connectivity index (χ4v) is 2.06. The van der Waals surface area contributed by atoms with Gasteiger partial charge in [0.25, 0.3) is 0 Å². The highest BCUT2D eigenvalue weighted by Gasteiger charge is 2.22. The lowest BCUT2D eigenvalue weighted by Crippen LogP contribution is -2.05. The first kappa shape index (κ1) is 12.7. The van der Waals surface area contributed by atoms with Crippen LogP contribution >= 0.6 is 0 Å². The molecule has 1 heterocycles. The van der Waals surface area contributed by atoms with Crippen molar-refractivity contribution in [2.45, 2.75) is 20.0 Å². The van der Waals surface area contributed by atoms with Crippen LogP contribution in [0.3, 0.4) is 0 Å². The number of aliphatic hydroxyl groups is 1. The van der Waals surface area contributed by atoms with Gasteiger partial charge in [-0.25, -0.2) is 8.78 Å². The van der Waals surface area contributed by atoms with Crippen molar-refractivity contribution in [2.75, 3.05) is 0 Å². The molecule has 0 spiro atoms.